The molecule has 0 aliphatic heterocycles. The van der Waals surface area contributed by atoms with E-state index in [1.165, 1.54) is 70.6 Å². The second-order valence-electron chi connectivity index (χ2n) is 5.35. The van der Waals surface area contributed by atoms with Gasteiger partial charge in [-0.15, -0.1) is 0 Å². The molecule has 1 aliphatic rings. The molecule has 0 heterocycles. The van der Waals surface area contributed by atoms with Crippen LogP contribution >= 0.6 is 9.47 Å². The van der Waals surface area contributed by atoms with Crippen LogP contribution in [0.4, 0.5) is 0 Å². The average molecular weight is 276 g/mol. The fourth-order valence-electron chi connectivity index (χ4n) is 2.65. The summed E-state index contributed by atoms with van der Waals surface area (Å²) in [6, 6.07) is 0. The molecule has 4 heteroatoms. The fraction of sp³-hybridized carbons (Fsp3) is 1.00. The van der Waals surface area contributed by atoms with E-state index in [4.69, 9.17) is 4.89 Å². The van der Waals surface area contributed by atoms with Gasteiger partial charge < -0.3 is 0 Å². The zero-order chi connectivity index (χ0) is 12.9. The van der Waals surface area contributed by atoms with Crippen LogP contribution in [-0.4, -0.2) is 6.10 Å². The molecule has 1 aliphatic carbocycles. The van der Waals surface area contributed by atoms with Gasteiger partial charge in [0.25, 0.3) is 0 Å². The summed E-state index contributed by atoms with van der Waals surface area (Å²) >= 11 is 0. The van der Waals surface area contributed by atoms with E-state index in [0.717, 1.165) is 12.8 Å². The van der Waals surface area contributed by atoms with Crippen LogP contribution in [0, 0.1) is 0 Å². The predicted octanol–water partition coefficient (Wildman–Crippen LogP) is 5.11. The molecule has 0 radical (unpaired) electrons. The van der Waals surface area contributed by atoms with E-state index < -0.39 is 0 Å². The Morgan fingerprint density at radius 3 is 1.39 bits per heavy atom. The molecule has 1 saturated carbocycles. The zero-order valence-electron chi connectivity index (χ0n) is 11.6. The molecule has 108 valence electrons. The van der Waals surface area contributed by atoms with Gasteiger partial charge in [-0.2, -0.15) is 4.67 Å². The van der Waals surface area contributed by atoms with Gasteiger partial charge in [-0.1, -0.05) is 75.7 Å². The summed E-state index contributed by atoms with van der Waals surface area (Å²) in [5, 5.41) is 4.60. The Hall–Kier alpha value is 0.310. The lowest BCUT2D eigenvalue weighted by molar-refractivity contribution is -0.479. The Morgan fingerprint density at radius 1 is 0.611 bits per heavy atom. The second kappa shape index (κ2) is 12.3. The highest BCUT2D eigenvalue weighted by molar-refractivity contribution is 7.09. The van der Waals surface area contributed by atoms with Crippen LogP contribution < -0.4 is 0 Å². The third-order valence-electron chi connectivity index (χ3n) is 3.77. The molecule has 0 aromatic heterocycles. The Labute approximate surface area is 114 Å². The first-order chi connectivity index (χ1) is 8.93. The minimum Gasteiger partial charge on any atom is -0.203 e. The van der Waals surface area contributed by atoms with Crippen LogP contribution in [-0.2, 0) is 14.6 Å². The summed E-state index contributed by atoms with van der Waals surface area (Å²) in [4.78, 5) is 5.25. The number of rotatable bonds is 3. The average Bonchev–Trinajstić information content (AvgIpc) is 2.39. The summed E-state index contributed by atoms with van der Waals surface area (Å²) in [7, 11) is 2.04. The van der Waals surface area contributed by atoms with Gasteiger partial charge in [0.15, 0.2) is 0 Å². The molecule has 1 rings (SSSR count). The van der Waals surface area contributed by atoms with E-state index in [9.17, 15) is 0 Å². The van der Waals surface area contributed by atoms with Crippen molar-refractivity contribution in [3.63, 3.8) is 0 Å². The topological polar surface area (TPSA) is 27.7 Å². The molecule has 0 aromatic rings. The largest absolute Gasteiger partial charge is 0.203 e. The summed E-state index contributed by atoms with van der Waals surface area (Å²) in [5.41, 5.74) is 0. The summed E-state index contributed by atoms with van der Waals surface area (Å²) in [5.74, 6) is 0. The third kappa shape index (κ3) is 9.27. The molecule has 0 N–H and O–H groups in total. The Kier molecular flexibility index (Phi) is 11.2. The van der Waals surface area contributed by atoms with E-state index in [1.807, 2.05) is 9.47 Å². The van der Waals surface area contributed by atoms with Crippen LogP contribution in [0.2, 0.25) is 0 Å². The molecule has 0 saturated heterocycles. The minimum absolute atomic E-state index is 0.202. The maximum Gasteiger partial charge on any atom is 0.0961 e. The molecule has 1 unspecified atom stereocenters. The fourth-order valence-corrected chi connectivity index (χ4v) is 2.70. The molecular formula is C14H29O3P. The molecular weight excluding hydrogens is 247 g/mol. The quantitative estimate of drug-likeness (QED) is 0.407. The van der Waals surface area contributed by atoms with Gasteiger partial charge in [-0.25, -0.2) is 4.89 Å². The molecule has 0 bridgehead atoms. The van der Waals surface area contributed by atoms with Gasteiger partial charge >= 0.3 is 0 Å². The van der Waals surface area contributed by atoms with Crippen LogP contribution in [0.5, 0.6) is 0 Å². The van der Waals surface area contributed by atoms with Crippen molar-refractivity contribution in [3.05, 3.63) is 0 Å². The Balaban J connectivity index is 2.20. The molecule has 1 atom stereocenters. The molecule has 0 spiro atoms. The normalized spacial score (nSPS) is 22.5. The highest BCUT2D eigenvalue weighted by Gasteiger charge is 2.10. The van der Waals surface area contributed by atoms with Gasteiger partial charge in [0.2, 0.25) is 0 Å². The van der Waals surface area contributed by atoms with Crippen molar-refractivity contribution in [1.29, 1.82) is 0 Å². The van der Waals surface area contributed by atoms with Crippen LogP contribution in [0.3, 0.4) is 0 Å². The van der Waals surface area contributed by atoms with E-state index in [-0.39, 0.29) is 6.10 Å². The van der Waals surface area contributed by atoms with Crippen LogP contribution in [0.15, 0.2) is 0 Å². The zero-order valence-corrected chi connectivity index (χ0v) is 12.7. The SMILES string of the molecule is POOOC1CCCCCCCCCCCCC1. The maximum atomic E-state index is 5.25. The Morgan fingerprint density at radius 2 is 1.00 bits per heavy atom. The monoisotopic (exact) mass is 276 g/mol. The smallest absolute Gasteiger partial charge is 0.0961 e. The van der Waals surface area contributed by atoms with Gasteiger partial charge in [0.05, 0.1) is 6.10 Å². The molecule has 0 aromatic carbocycles. The summed E-state index contributed by atoms with van der Waals surface area (Å²) in [6.07, 6.45) is 17.3. The standard InChI is InChI=1S/C14H29O3P/c18-17-16-15-14-12-10-8-6-4-2-1-3-5-7-9-11-13-14/h14H,1-13,18H2. The molecule has 0 amide bonds. The lowest BCUT2D eigenvalue weighted by atomic mass is 10.00. The van der Waals surface area contributed by atoms with E-state index in [2.05, 4.69) is 9.71 Å². The van der Waals surface area contributed by atoms with Crippen LogP contribution in [0.1, 0.15) is 83.5 Å². The lowest BCUT2D eigenvalue weighted by Gasteiger charge is -2.15. The molecule has 18 heavy (non-hydrogen) atoms. The Bertz CT molecular complexity index is 164. The first kappa shape index (κ1) is 16.4. The third-order valence-corrected chi connectivity index (χ3v) is 3.85. The summed E-state index contributed by atoms with van der Waals surface area (Å²) in [6.45, 7) is 0. The van der Waals surface area contributed by atoms with Crippen molar-refractivity contribution in [2.24, 2.45) is 0 Å². The van der Waals surface area contributed by atoms with Crippen molar-refractivity contribution in [2.75, 3.05) is 0 Å². The molecule has 1 fully saturated rings. The molecule has 3 nitrogen and oxygen atoms in total. The van der Waals surface area contributed by atoms with Gasteiger partial charge in [0, 0.05) is 9.47 Å². The van der Waals surface area contributed by atoms with E-state index >= 15 is 0 Å². The van der Waals surface area contributed by atoms with Crippen molar-refractivity contribution in [3.8, 4) is 0 Å². The number of hydrogen-bond acceptors (Lipinski definition) is 3. The van der Waals surface area contributed by atoms with Gasteiger partial charge in [-0.05, 0) is 12.8 Å². The van der Waals surface area contributed by atoms with Crippen LogP contribution in [0.25, 0.3) is 0 Å². The minimum atomic E-state index is 0.202. The first-order valence-electron chi connectivity index (χ1n) is 7.62. The van der Waals surface area contributed by atoms with E-state index in [1.54, 1.807) is 0 Å². The highest BCUT2D eigenvalue weighted by Crippen LogP contribution is 2.19. The van der Waals surface area contributed by atoms with Gasteiger partial charge in [0.1, 0.15) is 0 Å². The van der Waals surface area contributed by atoms with Crippen molar-refractivity contribution >= 4 is 9.47 Å². The second-order valence-corrected chi connectivity index (χ2v) is 5.54. The lowest BCUT2D eigenvalue weighted by Crippen LogP contribution is -2.13. The predicted molar refractivity (Wildman–Crippen MR) is 76.8 cm³/mol. The van der Waals surface area contributed by atoms with E-state index in [0.29, 0.717) is 0 Å². The van der Waals surface area contributed by atoms with Gasteiger partial charge in [-0.3, -0.25) is 0 Å². The maximum absolute atomic E-state index is 5.25. The highest BCUT2D eigenvalue weighted by atomic mass is 31.0. The first-order valence-corrected chi connectivity index (χ1v) is 8.09. The van der Waals surface area contributed by atoms with Crippen molar-refractivity contribution in [2.45, 2.75) is 89.6 Å². The van der Waals surface area contributed by atoms with Crippen molar-refractivity contribution < 1.29 is 14.6 Å². The summed E-state index contributed by atoms with van der Waals surface area (Å²) < 4.78 is 4.45. The number of hydrogen-bond donors (Lipinski definition) is 0. The van der Waals surface area contributed by atoms with Crippen molar-refractivity contribution in [1.82, 2.24) is 0 Å².